The molecule has 24 heavy (non-hydrogen) atoms. The summed E-state index contributed by atoms with van der Waals surface area (Å²) < 4.78 is 10.7. The standard InChI is InChI=1S/C17H30N2O5/c18-15(16(20)21)10-6-7-11-19-17(22)24-13-12-23-14-8-4-2-1-3-5-9-14/h4,8,14-15H,1-3,5-7,9-13,18H2,(H,19,22)(H,20,21). The van der Waals surface area contributed by atoms with Crippen LogP contribution in [-0.2, 0) is 14.3 Å². The molecule has 7 heteroatoms. The van der Waals surface area contributed by atoms with Crippen LogP contribution in [0.2, 0.25) is 0 Å². The molecular formula is C17H30N2O5. The Balaban J connectivity index is 1.97. The number of hydrogen-bond acceptors (Lipinski definition) is 5. The Morgan fingerprint density at radius 1 is 1.25 bits per heavy atom. The van der Waals surface area contributed by atoms with Gasteiger partial charge in [0.1, 0.15) is 12.6 Å². The van der Waals surface area contributed by atoms with Crippen molar-refractivity contribution in [2.75, 3.05) is 19.8 Å². The minimum Gasteiger partial charge on any atom is -0.480 e. The first-order valence-corrected chi connectivity index (χ1v) is 8.77. The fraction of sp³-hybridized carbons (Fsp3) is 0.765. The Hall–Kier alpha value is -1.60. The largest absolute Gasteiger partial charge is 0.480 e. The molecule has 0 aromatic heterocycles. The van der Waals surface area contributed by atoms with Gasteiger partial charge in [0.05, 0.1) is 12.7 Å². The second kappa shape index (κ2) is 12.8. The third kappa shape index (κ3) is 10.2. The van der Waals surface area contributed by atoms with Crippen molar-refractivity contribution in [2.45, 2.75) is 63.5 Å². The third-order valence-electron chi connectivity index (χ3n) is 3.89. The summed E-state index contributed by atoms with van der Waals surface area (Å²) in [7, 11) is 0. The quantitative estimate of drug-likeness (QED) is 0.414. The van der Waals surface area contributed by atoms with Gasteiger partial charge in [-0.15, -0.1) is 0 Å². The second-order valence-electron chi connectivity index (χ2n) is 5.98. The van der Waals surface area contributed by atoms with Crippen molar-refractivity contribution in [2.24, 2.45) is 5.73 Å². The summed E-state index contributed by atoms with van der Waals surface area (Å²) in [5, 5.41) is 11.3. The molecule has 1 aliphatic rings. The lowest BCUT2D eigenvalue weighted by Crippen LogP contribution is -2.30. The molecule has 0 saturated carbocycles. The third-order valence-corrected chi connectivity index (χ3v) is 3.89. The van der Waals surface area contributed by atoms with Gasteiger partial charge in [-0.05, 0) is 38.5 Å². The van der Waals surface area contributed by atoms with E-state index >= 15 is 0 Å². The predicted molar refractivity (Wildman–Crippen MR) is 90.8 cm³/mol. The van der Waals surface area contributed by atoms with E-state index in [0.717, 1.165) is 12.8 Å². The van der Waals surface area contributed by atoms with Crippen LogP contribution in [0.15, 0.2) is 12.2 Å². The highest BCUT2D eigenvalue weighted by atomic mass is 16.6. The number of hydrogen-bond donors (Lipinski definition) is 3. The van der Waals surface area contributed by atoms with Crippen LogP contribution in [0.4, 0.5) is 4.79 Å². The molecule has 0 bridgehead atoms. The van der Waals surface area contributed by atoms with Gasteiger partial charge in [0, 0.05) is 6.54 Å². The minimum absolute atomic E-state index is 0.121. The van der Waals surface area contributed by atoms with E-state index in [4.69, 9.17) is 20.3 Å². The number of carbonyl (C=O) groups is 2. The van der Waals surface area contributed by atoms with Crippen LogP contribution in [0.1, 0.15) is 51.4 Å². The second-order valence-corrected chi connectivity index (χ2v) is 5.98. The van der Waals surface area contributed by atoms with Crippen molar-refractivity contribution in [3.8, 4) is 0 Å². The van der Waals surface area contributed by atoms with Crippen molar-refractivity contribution in [3.63, 3.8) is 0 Å². The van der Waals surface area contributed by atoms with Crippen molar-refractivity contribution in [3.05, 3.63) is 12.2 Å². The molecule has 1 amide bonds. The number of rotatable bonds is 10. The Morgan fingerprint density at radius 2 is 2.08 bits per heavy atom. The van der Waals surface area contributed by atoms with Crippen molar-refractivity contribution < 1.29 is 24.2 Å². The average molecular weight is 342 g/mol. The molecule has 2 unspecified atom stereocenters. The van der Waals surface area contributed by atoms with Gasteiger partial charge in [0.2, 0.25) is 0 Å². The van der Waals surface area contributed by atoms with Gasteiger partial charge in [-0.25, -0.2) is 4.79 Å². The maximum absolute atomic E-state index is 11.5. The zero-order valence-electron chi connectivity index (χ0n) is 14.2. The first-order chi connectivity index (χ1) is 11.6. The normalized spacial score (nSPS) is 19.1. The number of nitrogens with one attached hydrogen (secondary N) is 1. The topological polar surface area (TPSA) is 111 Å². The summed E-state index contributed by atoms with van der Waals surface area (Å²) in [6, 6.07) is -0.837. The van der Waals surface area contributed by atoms with Crippen molar-refractivity contribution in [1.29, 1.82) is 0 Å². The number of unbranched alkanes of at least 4 members (excludes halogenated alkanes) is 1. The van der Waals surface area contributed by atoms with Gasteiger partial charge < -0.3 is 25.6 Å². The van der Waals surface area contributed by atoms with E-state index in [2.05, 4.69) is 17.5 Å². The lowest BCUT2D eigenvalue weighted by Gasteiger charge is -2.16. The minimum atomic E-state index is -0.999. The van der Waals surface area contributed by atoms with E-state index in [-0.39, 0.29) is 12.7 Å². The molecule has 2 atom stereocenters. The fourth-order valence-corrected chi connectivity index (χ4v) is 2.46. The van der Waals surface area contributed by atoms with E-state index in [1.807, 2.05) is 0 Å². The zero-order chi connectivity index (χ0) is 17.6. The molecular weight excluding hydrogens is 312 g/mol. The van der Waals surface area contributed by atoms with Gasteiger partial charge in [-0.1, -0.05) is 25.0 Å². The summed E-state index contributed by atoms with van der Waals surface area (Å²) >= 11 is 0. The first-order valence-electron chi connectivity index (χ1n) is 8.77. The van der Waals surface area contributed by atoms with Crippen LogP contribution in [0.25, 0.3) is 0 Å². The Labute approximate surface area is 143 Å². The van der Waals surface area contributed by atoms with Gasteiger partial charge in [0.25, 0.3) is 0 Å². The highest BCUT2D eigenvalue weighted by Crippen LogP contribution is 2.13. The lowest BCUT2D eigenvalue weighted by molar-refractivity contribution is -0.138. The van der Waals surface area contributed by atoms with Gasteiger partial charge in [0.15, 0.2) is 0 Å². The van der Waals surface area contributed by atoms with E-state index in [1.165, 1.54) is 19.3 Å². The predicted octanol–water partition coefficient (Wildman–Crippen LogP) is 2.20. The molecule has 138 valence electrons. The molecule has 4 N–H and O–H groups in total. The van der Waals surface area contributed by atoms with Crippen LogP contribution in [0.5, 0.6) is 0 Å². The van der Waals surface area contributed by atoms with Gasteiger partial charge in [-0.3, -0.25) is 4.79 Å². The van der Waals surface area contributed by atoms with E-state index in [1.54, 1.807) is 0 Å². The van der Waals surface area contributed by atoms with E-state index in [9.17, 15) is 9.59 Å². The van der Waals surface area contributed by atoms with Gasteiger partial charge >= 0.3 is 12.1 Å². The molecule has 0 fully saturated rings. The van der Waals surface area contributed by atoms with Crippen LogP contribution in [-0.4, -0.2) is 49.1 Å². The SMILES string of the molecule is NC(CCCCNC(=O)OCCOC1C=CCCCCC1)C(=O)O. The Kier molecular flexibility index (Phi) is 10.9. The molecule has 7 nitrogen and oxygen atoms in total. The molecule has 0 heterocycles. The van der Waals surface area contributed by atoms with E-state index < -0.39 is 18.1 Å². The molecule has 0 aromatic carbocycles. The monoisotopic (exact) mass is 342 g/mol. The molecule has 0 aliphatic heterocycles. The van der Waals surface area contributed by atoms with Crippen molar-refractivity contribution in [1.82, 2.24) is 5.32 Å². The molecule has 0 spiro atoms. The summed E-state index contributed by atoms with van der Waals surface area (Å²) in [5.41, 5.74) is 5.39. The van der Waals surface area contributed by atoms with Gasteiger partial charge in [-0.2, -0.15) is 0 Å². The number of nitrogens with two attached hydrogens (primary N) is 1. The van der Waals surface area contributed by atoms with Crippen molar-refractivity contribution >= 4 is 12.1 Å². The molecule has 0 radical (unpaired) electrons. The van der Waals surface area contributed by atoms with E-state index in [0.29, 0.717) is 32.4 Å². The average Bonchev–Trinajstić information content (AvgIpc) is 2.52. The summed E-state index contributed by atoms with van der Waals surface area (Å²) in [5.74, 6) is -0.999. The number of alkyl carbamates (subject to hydrolysis) is 1. The first kappa shape index (κ1) is 20.4. The zero-order valence-corrected chi connectivity index (χ0v) is 14.2. The number of aliphatic carboxylic acids is 1. The lowest BCUT2D eigenvalue weighted by atomic mass is 10.0. The summed E-state index contributed by atoms with van der Waals surface area (Å²) in [6.45, 7) is 1.05. The summed E-state index contributed by atoms with van der Waals surface area (Å²) in [6.07, 6.45) is 11.4. The number of allylic oxidation sites excluding steroid dienone is 1. The number of carbonyl (C=O) groups excluding carboxylic acids is 1. The van der Waals surface area contributed by atoms with Crippen LogP contribution in [0.3, 0.4) is 0 Å². The van der Waals surface area contributed by atoms with Crippen LogP contribution < -0.4 is 11.1 Å². The number of amides is 1. The highest BCUT2D eigenvalue weighted by Gasteiger charge is 2.10. The smallest absolute Gasteiger partial charge is 0.407 e. The summed E-state index contributed by atoms with van der Waals surface area (Å²) in [4.78, 5) is 22.0. The Morgan fingerprint density at radius 3 is 2.88 bits per heavy atom. The number of ether oxygens (including phenoxy) is 2. The molecule has 0 aromatic rings. The van der Waals surface area contributed by atoms with Crippen LogP contribution in [0, 0.1) is 0 Å². The Bertz CT molecular complexity index is 400. The number of carboxylic acid groups (broad SMARTS) is 1. The molecule has 1 aliphatic carbocycles. The number of carboxylic acids is 1. The maximum atomic E-state index is 11.5. The maximum Gasteiger partial charge on any atom is 0.407 e. The fourth-order valence-electron chi connectivity index (χ4n) is 2.46. The van der Waals surface area contributed by atoms with Crippen LogP contribution >= 0.6 is 0 Å². The highest BCUT2D eigenvalue weighted by molar-refractivity contribution is 5.72. The molecule has 0 saturated heterocycles. The molecule has 1 rings (SSSR count).